The molecule has 1 saturated heterocycles. The number of amides is 3. The van der Waals surface area contributed by atoms with E-state index in [1.165, 1.54) is 18.7 Å². The van der Waals surface area contributed by atoms with Crippen LogP contribution in [-0.4, -0.2) is 69.8 Å². The topological polar surface area (TPSA) is 93.1 Å². The molecule has 0 aliphatic carbocycles. The fraction of sp³-hybridized carbons (Fsp3) is 0.529. The second-order valence-electron chi connectivity index (χ2n) is 6.67. The van der Waals surface area contributed by atoms with Crippen molar-refractivity contribution in [2.45, 2.75) is 32.5 Å². The van der Waals surface area contributed by atoms with E-state index >= 15 is 0 Å². The van der Waals surface area contributed by atoms with Crippen LogP contribution >= 0.6 is 0 Å². The first-order valence-electron chi connectivity index (χ1n) is 8.00. The van der Waals surface area contributed by atoms with Crippen LogP contribution in [0.2, 0.25) is 0 Å². The molecule has 3 N–H and O–H groups in total. The van der Waals surface area contributed by atoms with Crippen molar-refractivity contribution in [2.75, 3.05) is 31.5 Å². The maximum Gasteiger partial charge on any atom is 0.321 e. The molecule has 2 rings (SSSR count). The van der Waals surface area contributed by atoms with Crippen LogP contribution in [0.3, 0.4) is 0 Å². The van der Waals surface area contributed by atoms with Crippen LogP contribution in [0, 0.1) is 6.92 Å². The normalized spacial score (nSPS) is 16.7. The Morgan fingerprint density at radius 2 is 1.75 bits per heavy atom. The molecule has 0 radical (unpaired) electrons. The Bertz CT molecular complexity index is 604. The molecular weight excluding hydrogens is 310 g/mol. The third-order valence-electron chi connectivity index (χ3n) is 4.05. The number of carbonyl (C=O) groups is 2. The van der Waals surface area contributed by atoms with E-state index in [1.54, 1.807) is 4.90 Å². The van der Waals surface area contributed by atoms with Gasteiger partial charge in [0.15, 0.2) is 6.10 Å². The van der Waals surface area contributed by atoms with E-state index in [2.05, 4.69) is 5.32 Å². The van der Waals surface area contributed by atoms with Gasteiger partial charge in [-0.1, -0.05) is 12.1 Å². The zero-order valence-corrected chi connectivity index (χ0v) is 14.3. The van der Waals surface area contributed by atoms with Crippen molar-refractivity contribution in [3.63, 3.8) is 0 Å². The number of aryl methyl sites for hydroxylation is 1. The summed E-state index contributed by atoms with van der Waals surface area (Å²) < 4.78 is 0. The molecule has 0 bridgehead atoms. The van der Waals surface area contributed by atoms with Gasteiger partial charge in [-0.05, 0) is 38.5 Å². The van der Waals surface area contributed by atoms with Crippen LogP contribution in [0.5, 0.6) is 0 Å². The summed E-state index contributed by atoms with van der Waals surface area (Å²) in [5.74, 6) is -0.513. The summed E-state index contributed by atoms with van der Waals surface area (Å²) in [6, 6.07) is 7.32. The van der Waals surface area contributed by atoms with E-state index in [1.807, 2.05) is 31.2 Å². The lowest BCUT2D eigenvalue weighted by Gasteiger charge is -2.37. The van der Waals surface area contributed by atoms with Gasteiger partial charge in [-0.3, -0.25) is 4.79 Å². The van der Waals surface area contributed by atoms with E-state index in [0.29, 0.717) is 26.2 Å². The van der Waals surface area contributed by atoms with E-state index < -0.39 is 17.6 Å². The summed E-state index contributed by atoms with van der Waals surface area (Å²) in [4.78, 5) is 27.5. The molecule has 1 unspecified atom stereocenters. The molecule has 1 aliphatic heterocycles. The van der Waals surface area contributed by atoms with E-state index in [4.69, 9.17) is 0 Å². The van der Waals surface area contributed by atoms with Crippen LogP contribution in [0.25, 0.3) is 0 Å². The van der Waals surface area contributed by atoms with Crippen LogP contribution in [0.15, 0.2) is 24.3 Å². The molecule has 1 atom stereocenters. The first-order valence-corrected chi connectivity index (χ1v) is 8.00. The molecule has 132 valence electrons. The fourth-order valence-corrected chi connectivity index (χ4v) is 2.53. The Morgan fingerprint density at radius 3 is 2.29 bits per heavy atom. The van der Waals surface area contributed by atoms with Crippen molar-refractivity contribution >= 4 is 17.6 Å². The Labute approximate surface area is 141 Å². The van der Waals surface area contributed by atoms with Gasteiger partial charge in [0.25, 0.3) is 5.91 Å². The zero-order valence-electron chi connectivity index (χ0n) is 14.3. The number of piperazine rings is 1. The van der Waals surface area contributed by atoms with Crippen LogP contribution in [0.1, 0.15) is 19.4 Å². The molecule has 1 aromatic carbocycles. The van der Waals surface area contributed by atoms with Crippen molar-refractivity contribution in [1.29, 1.82) is 0 Å². The number of nitrogens with one attached hydrogen (secondary N) is 1. The highest BCUT2D eigenvalue weighted by atomic mass is 16.3. The van der Waals surface area contributed by atoms with Crippen molar-refractivity contribution < 1.29 is 19.8 Å². The average molecular weight is 335 g/mol. The number of nitrogens with zero attached hydrogens (tertiary/aromatic N) is 2. The maximum absolute atomic E-state index is 12.3. The van der Waals surface area contributed by atoms with Crippen molar-refractivity contribution in [3.8, 4) is 0 Å². The van der Waals surface area contributed by atoms with Crippen LogP contribution < -0.4 is 5.32 Å². The SMILES string of the molecule is Cc1cccc(NC(=O)N2CCN(C(=O)C(O)C(C)(C)O)CC2)c1. The Hall–Kier alpha value is -2.12. The predicted molar refractivity (Wildman–Crippen MR) is 90.7 cm³/mol. The summed E-state index contributed by atoms with van der Waals surface area (Å²) in [5.41, 5.74) is 0.302. The molecule has 7 heteroatoms. The smallest absolute Gasteiger partial charge is 0.321 e. The van der Waals surface area contributed by atoms with Gasteiger partial charge in [0.1, 0.15) is 0 Å². The van der Waals surface area contributed by atoms with Gasteiger partial charge >= 0.3 is 6.03 Å². The molecule has 24 heavy (non-hydrogen) atoms. The van der Waals surface area contributed by atoms with E-state index in [9.17, 15) is 19.8 Å². The zero-order chi connectivity index (χ0) is 17.9. The third-order valence-corrected chi connectivity index (χ3v) is 4.05. The highest BCUT2D eigenvalue weighted by Gasteiger charge is 2.35. The van der Waals surface area contributed by atoms with Gasteiger partial charge in [-0.2, -0.15) is 0 Å². The van der Waals surface area contributed by atoms with Gasteiger partial charge in [0.05, 0.1) is 5.60 Å². The van der Waals surface area contributed by atoms with Gasteiger partial charge in [0.2, 0.25) is 0 Å². The lowest BCUT2D eigenvalue weighted by Crippen LogP contribution is -2.56. The summed E-state index contributed by atoms with van der Waals surface area (Å²) in [5, 5.41) is 22.4. The van der Waals surface area contributed by atoms with E-state index in [-0.39, 0.29) is 6.03 Å². The molecule has 1 aliphatic rings. The first-order chi connectivity index (χ1) is 11.2. The average Bonchev–Trinajstić information content (AvgIpc) is 2.52. The number of hydrogen-bond acceptors (Lipinski definition) is 4. The lowest BCUT2D eigenvalue weighted by atomic mass is 10.0. The minimum atomic E-state index is -1.49. The van der Waals surface area contributed by atoms with Crippen molar-refractivity contribution in [1.82, 2.24) is 9.80 Å². The van der Waals surface area contributed by atoms with Crippen molar-refractivity contribution in [3.05, 3.63) is 29.8 Å². The number of aliphatic hydroxyl groups is 2. The number of benzene rings is 1. The van der Waals surface area contributed by atoms with Gasteiger partial charge in [0, 0.05) is 31.9 Å². The quantitative estimate of drug-likeness (QED) is 0.762. The lowest BCUT2D eigenvalue weighted by molar-refractivity contribution is -0.154. The molecule has 1 heterocycles. The Morgan fingerprint density at radius 1 is 1.17 bits per heavy atom. The standard InChI is InChI=1S/C17H25N3O4/c1-12-5-4-6-13(11-12)18-16(23)20-9-7-19(8-10-20)15(22)14(21)17(2,3)24/h4-6,11,14,21,24H,7-10H2,1-3H3,(H,18,23). The molecule has 0 saturated carbocycles. The summed E-state index contributed by atoms with van der Waals surface area (Å²) in [6.07, 6.45) is -1.47. The van der Waals surface area contributed by atoms with Gasteiger partial charge < -0.3 is 25.3 Å². The van der Waals surface area contributed by atoms with Crippen molar-refractivity contribution in [2.24, 2.45) is 0 Å². The van der Waals surface area contributed by atoms with Gasteiger partial charge in [-0.15, -0.1) is 0 Å². The number of aliphatic hydroxyl groups excluding tert-OH is 1. The number of anilines is 1. The maximum atomic E-state index is 12.3. The summed E-state index contributed by atoms with van der Waals surface area (Å²) in [7, 11) is 0. The van der Waals surface area contributed by atoms with E-state index in [0.717, 1.165) is 11.3 Å². The van der Waals surface area contributed by atoms with Crippen LogP contribution in [0.4, 0.5) is 10.5 Å². The Kier molecular flexibility index (Phi) is 5.46. The highest BCUT2D eigenvalue weighted by molar-refractivity contribution is 5.89. The number of urea groups is 1. The molecule has 1 fully saturated rings. The monoisotopic (exact) mass is 335 g/mol. The van der Waals surface area contributed by atoms with Gasteiger partial charge in [-0.25, -0.2) is 4.79 Å². The second kappa shape index (κ2) is 7.19. The van der Waals surface area contributed by atoms with Crippen LogP contribution in [-0.2, 0) is 4.79 Å². The number of rotatable bonds is 3. The molecule has 7 nitrogen and oxygen atoms in total. The fourth-order valence-electron chi connectivity index (χ4n) is 2.53. The minimum absolute atomic E-state index is 0.212. The molecule has 0 aromatic heterocycles. The Balaban J connectivity index is 1.88. The number of carbonyl (C=O) groups excluding carboxylic acids is 2. The third kappa shape index (κ3) is 4.46. The molecule has 1 aromatic rings. The predicted octanol–water partition coefficient (Wildman–Crippen LogP) is 0.803. The molecule has 0 spiro atoms. The first kappa shape index (κ1) is 18.2. The minimum Gasteiger partial charge on any atom is -0.387 e. The largest absolute Gasteiger partial charge is 0.387 e. The molecular formula is C17H25N3O4. The molecule has 3 amide bonds. The number of hydrogen-bond donors (Lipinski definition) is 3. The summed E-state index contributed by atoms with van der Waals surface area (Å²) in [6.45, 7) is 6.14. The highest BCUT2D eigenvalue weighted by Crippen LogP contribution is 2.14. The second-order valence-corrected chi connectivity index (χ2v) is 6.67. The summed E-state index contributed by atoms with van der Waals surface area (Å²) >= 11 is 0.